The zero-order chi connectivity index (χ0) is 12.1. The van der Waals surface area contributed by atoms with Crippen molar-refractivity contribution >= 4 is 11.6 Å². The first-order chi connectivity index (χ1) is 8.25. The van der Waals surface area contributed by atoms with Gasteiger partial charge >= 0.3 is 0 Å². The summed E-state index contributed by atoms with van der Waals surface area (Å²) in [6.07, 6.45) is 6.43. The Labute approximate surface area is 105 Å². The number of rotatable bonds is 5. The molecule has 0 fully saturated rings. The van der Waals surface area contributed by atoms with Gasteiger partial charge in [-0.15, -0.1) is 0 Å². The summed E-state index contributed by atoms with van der Waals surface area (Å²) in [5.74, 6) is 0.893. The van der Waals surface area contributed by atoms with Crippen LogP contribution in [0.25, 0.3) is 0 Å². The highest BCUT2D eigenvalue weighted by molar-refractivity contribution is 6.31. The van der Waals surface area contributed by atoms with Crippen LogP contribution in [0.5, 0.6) is 0 Å². The van der Waals surface area contributed by atoms with Crippen LogP contribution in [-0.4, -0.2) is 16.2 Å². The Hall–Kier alpha value is -1.32. The van der Waals surface area contributed by atoms with Gasteiger partial charge in [0.1, 0.15) is 5.76 Å². The van der Waals surface area contributed by atoms with Crippen LogP contribution in [0, 0.1) is 0 Å². The van der Waals surface area contributed by atoms with E-state index in [1.54, 1.807) is 18.7 Å². The van der Waals surface area contributed by atoms with Gasteiger partial charge in [0.15, 0.2) is 0 Å². The molecule has 3 nitrogen and oxygen atoms in total. The lowest BCUT2D eigenvalue weighted by Crippen LogP contribution is -2.11. The largest absolute Gasteiger partial charge is 0.469 e. The SMILES string of the molecule is OC(CCc1ccco1)Cc1ccncc1Cl. The first-order valence-corrected chi connectivity index (χ1v) is 5.92. The Morgan fingerprint density at radius 2 is 2.29 bits per heavy atom. The number of pyridine rings is 1. The van der Waals surface area contributed by atoms with Crippen LogP contribution >= 0.6 is 11.6 Å². The molecule has 0 saturated heterocycles. The maximum absolute atomic E-state index is 9.91. The highest BCUT2D eigenvalue weighted by Gasteiger charge is 2.09. The number of hydrogen-bond acceptors (Lipinski definition) is 3. The van der Waals surface area contributed by atoms with Gasteiger partial charge in [0, 0.05) is 18.8 Å². The Morgan fingerprint density at radius 1 is 1.41 bits per heavy atom. The van der Waals surface area contributed by atoms with Gasteiger partial charge in [-0.1, -0.05) is 11.6 Å². The van der Waals surface area contributed by atoms with E-state index in [0.717, 1.165) is 17.7 Å². The molecule has 2 rings (SSSR count). The summed E-state index contributed by atoms with van der Waals surface area (Å²) < 4.78 is 5.21. The van der Waals surface area contributed by atoms with Crippen LogP contribution in [0.15, 0.2) is 41.3 Å². The monoisotopic (exact) mass is 251 g/mol. The predicted molar refractivity (Wildman–Crippen MR) is 66.0 cm³/mol. The Balaban J connectivity index is 1.85. The molecule has 1 atom stereocenters. The third-order valence-electron chi connectivity index (χ3n) is 2.62. The standard InChI is InChI=1S/C13H14ClNO2/c14-13-9-15-6-5-10(13)8-11(16)3-4-12-2-1-7-17-12/h1-2,5-7,9,11,16H,3-4,8H2. The molecule has 2 heterocycles. The summed E-state index contributed by atoms with van der Waals surface area (Å²) in [6.45, 7) is 0. The third kappa shape index (κ3) is 3.58. The second-order valence-electron chi connectivity index (χ2n) is 3.94. The lowest BCUT2D eigenvalue weighted by molar-refractivity contribution is 0.163. The van der Waals surface area contributed by atoms with E-state index in [1.807, 2.05) is 18.2 Å². The minimum Gasteiger partial charge on any atom is -0.469 e. The topological polar surface area (TPSA) is 46.3 Å². The van der Waals surface area contributed by atoms with Gasteiger partial charge < -0.3 is 9.52 Å². The molecule has 0 aliphatic carbocycles. The minimum atomic E-state index is -0.417. The van der Waals surface area contributed by atoms with Gasteiger partial charge in [-0.3, -0.25) is 4.98 Å². The number of hydrogen-bond donors (Lipinski definition) is 1. The second kappa shape index (κ2) is 5.84. The Morgan fingerprint density at radius 3 is 3.00 bits per heavy atom. The summed E-state index contributed by atoms with van der Waals surface area (Å²) >= 11 is 5.98. The molecule has 0 aliphatic rings. The van der Waals surface area contributed by atoms with Crippen LogP contribution in [0.2, 0.25) is 5.02 Å². The zero-order valence-electron chi connectivity index (χ0n) is 9.34. The van der Waals surface area contributed by atoms with Crippen LogP contribution in [0.3, 0.4) is 0 Å². The number of furan rings is 1. The fourth-order valence-corrected chi connectivity index (χ4v) is 1.89. The number of aliphatic hydroxyl groups excluding tert-OH is 1. The average molecular weight is 252 g/mol. The van der Waals surface area contributed by atoms with Gasteiger partial charge in [-0.05, 0) is 36.6 Å². The van der Waals surface area contributed by atoms with Crippen molar-refractivity contribution in [3.63, 3.8) is 0 Å². The average Bonchev–Trinajstić information content (AvgIpc) is 2.82. The van der Waals surface area contributed by atoms with Gasteiger partial charge in [-0.25, -0.2) is 0 Å². The van der Waals surface area contributed by atoms with Crippen molar-refractivity contribution in [2.45, 2.75) is 25.4 Å². The lowest BCUT2D eigenvalue weighted by atomic mass is 10.0. The normalized spacial score (nSPS) is 12.6. The molecule has 0 radical (unpaired) electrons. The van der Waals surface area contributed by atoms with Crippen LogP contribution in [-0.2, 0) is 12.8 Å². The number of nitrogens with zero attached hydrogens (tertiary/aromatic N) is 1. The molecule has 17 heavy (non-hydrogen) atoms. The summed E-state index contributed by atoms with van der Waals surface area (Å²) in [7, 11) is 0. The summed E-state index contributed by atoms with van der Waals surface area (Å²) in [6, 6.07) is 5.59. The van der Waals surface area contributed by atoms with E-state index in [0.29, 0.717) is 17.9 Å². The summed E-state index contributed by atoms with van der Waals surface area (Å²) in [5, 5.41) is 10.5. The molecule has 0 aliphatic heterocycles. The second-order valence-corrected chi connectivity index (χ2v) is 4.35. The molecular weight excluding hydrogens is 238 g/mol. The van der Waals surface area contributed by atoms with Crippen LogP contribution in [0.1, 0.15) is 17.7 Å². The zero-order valence-corrected chi connectivity index (χ0v) is 10.1. The maximum Gasteiger partial charge on any atom is 0.103 e. The quantitative estimate of drug-likeness (QED) is 0.889. The molecule has 0 saturated carbocycles. The van der Waals surface area contributed by atoms with Crippen molar-refractivity contribution < 1.29 is 9.52 Å². The summed E-state index contributed by atoms with van der Waals surface area (Å²) in [4.78, 5) is 3.91. The molecule has 2 aromatic rings. The fraction of sp³-hybridized carbons (Fsp3) is 0.308. The third-order valence-corrected chi connectivity index (χ3v) is 2.96. The highest BCUT2D eigenvalue weighted by Crippen LogP contribution is 2.17. The molecule has 0 amide bonds. The molecule has 2 aromatic heterocycles. The maximum atomic E-state index is 9.91. The van der Waals surface area contributed by atoms with Crippen molar-refractivity contribution in [2.75, 3.05) is 0 Å². The lowest BCUT2D eigenvalue weighted by Gasteiger charge is -2.10. The van der Waals surface area contributed by atoms with Crippen LogP contribution in [0.4, 0.5) is 0 Å². The van der Waals surface area contributed by atoms with Gasteiger partial charge in [0.25, 0.3) is 0 Å². The molecule has 4 heteroatoms. The first kappa shape index (κ1) is 12.1. The smallest absolute Gasteiger partial charge is 0.103 e. The van der Waals surface area contributed by atoms with Crippen molar-refractivity contribution in [2.24, 2.45) is 0 Å². The van der Waals surface area contributed by atoms with E-state index >= 15 is 0 Å². The molecular formula is C13H14ClNO2. The van der Waals surface area contributed by atoms with E-state index in [4.69, 9.17) is 16.0 Å². The number of aromatic nitrogens is 1. The molecule has 1 N–H and O–H groups in total. The van der Waals surface area contributed by atoms with E-state index < -0.39 is 6.10 Å². The number of aryl methyl sites for hydroxylation is 1. The Kier molecular flexibility index (Phi) is 4.18. The highest BCUT2D eigenvalue weighted by atomic mass is 35.5. The molecule has 0 bridgehead atoms. The van der Waals surface area contributed by atoms with E-state index in [-0.39, 0.29) is 0 Å². The predicted octanol–water partition coefficient (Wildman–Crippen LogP) is 2.86. The minimum absolute atomic E-state index is 0.417. The fourth-order valence-electron chi connectivity index (χ4n) is 1.69. The van der Waals surface area contributed by atoms with E-state index in [1.165, 1.54) is 0 Å². The molecule has 0 spiro atoms. The first-order valence-electron chi connectivity index (χ1n) is 5.54. The van der Waals surface area contributed by atoms with Crippen molar-refractivity contribution in [1.29, 1.82) is 0 Å². The van der Waals surface area contributed by atoms with Gasteiger partial charge in [0.05, 0.1) is 17.4 Å². The molecule has 90 valence electrons. The van der Waals surface area contributed by atoms with E-state index in [2.05, 4.69) is 4.98 Å². The number of aliphatic hydroxyl groups is 1. The van der Waals surface area contributed by atoms with Crippen molar-refractivity contribution in [3.8, 4) is 0 Å². The van der Waals surface area contributed by atoms with E-state index in [9.17, 15) is 5.11 Å². The van der Waals surface area contributed by atoms with Gasteiger partial charge in [-0.2, -0.15) is 0 Å². The van der Waals surface area contributed by atoms with Crippen molar-refractivity contribution in [1.82, 2.24) is 4.98 Å². The van der Waals surface area contributed by atoms with Gasteiger partial charge in [0.2, 0.25) is 0 Å². The van der Waals surface area contributed by atoms with Crippen molar-refractivity contribution in [3.05, 3.63) is 53.2 Å². The van der Waals surface area contributed by atoms with Crippen LogP contribution < -0.4 is 0 Å². The Bertz CT molecular complexity index is 456. The molecule has 1 unspecified atom stereocenters. The molecule has 0 aromatic carbocycles. The summed E-state index contributed by atoms with van der Waals surface area (Å²) in [5.41, 5.74) is 0.925. The number of halogens is 1.